The molecule has 80 valence electrons. The van der Waals surface area contributed by atoms with Gasteiger partial charge >= 0.3 is 5.97 Å². The van der Waals surface area contributed by atoms with E-state index >= 15 is 0 Å². The standard InChI is InChI=1S/C10H12N2O3/c1-7(13)12-9-5-3-2-4-8(9)11-6-10(14)15/h2-5,11H,6H2,1H3,(H,12,13)(H,14,15). The van der Waals surface area contributed by atoms with Gasteiger partial charge in [0.05, 0.1) is 11.4 Å². The molecule has 0 unspecified atom stereocenters. The highest BCUT2D eigenvalue weighted by Gasteiger charge is 2.03. The molecule has 0 saturated heterocycles. The molecule has 0 fully saturated rings. The summed E-state index contributed by atoms with van der Waals surface area (Å²) in [5, 5.41) is 13.8. The Labute approximate surface area is 87.1 Å². The highest BCUT2D eigenvalue weighted by Crippen LogP contribution is 2.20. The quantitative estimate of drug-likeness (QED) is 0.693. The fourth-order valence-electron chi connectivity index (χ4n) is 1.11. The monoisotopic (exact) mass is 208 g/mol. The van der Waals surface area contributed by atoms with Gasteiger partial charge in [-0.05, 0) is 12.1 Å². The zero-order valence-electron chi connectivity index (χ0n) is 8.28. The van der Waals surface area contributed by atoms with Gasteiger partial charge < -0.3 is 15.7 Å². The first-order chi connectivity index (χ1) is 7.09. The Morgan fingerprint density at radius 2 is 1.87 bits per heavy atom. The van der Waals surface area contributed by atoms with E-state index in [0.717, 1.165) is 0 Å². The molecule has 1 aromatic rings. The van der Waals surface area contributed by atoms with Gasteiger partial charge in [0.15, 0.2) is 0 Å². The van der Waals surface area contributed by atoms with E-state index in [2.05, 4.69) is 10.6 Å². The molecular formula is C10H12N2O3. The predicted molar refractivity (Wildman–Crippen MR) is 56.9 cm³/mol. The maximum absolute atomic E-state index is 10.8. The number of carboxylic acid groups (broad SMARTS) is 1. The summed E-state index contributed by atoms with van der Waals surface area (Å²) in [6.45, 7) is 1.21. The van der Waals surface area contributed by atoms with E-state index in [1.807, 2.05) is 0 Å². The van der Waals surface area contributed by atoms with Crippen molar-refractivity contribution in [2.75, 3.05) is 17.2 Å². The van der Waals surface area contributed by atoms with Gasteiger partial charge in [-0.15, -0.1) is 0 Å². The minimum Gasteiger partial charge on any atom is -0.480 e. The van der Waals surface area contributed by atoms with Crippen molar-refractivity contribution in [1.82, 2.24) is 0 Å². The number of nitrogens with one attached hydrogen (secondary N) is 2. The number of anilines is 2. The molecule has 1 rings (SSSR count). The second kappa shape index (κ2) is 4.99. The normalized spacial score (nSPS) is 9.40. The summed E-state index contributed by atoms with van der Waals surface area (Å²) in [5.41, 5.74) is 1.17. The van der Waals surface area contributed by atoms with Crippen molar-refractivity contribution in [3.63, 3.8) is 0 Å². The summed E-state index contributed by atoms with van der Waals surface area (Å²) in [6, 6.07) is 6.92. The molecule has 0 aromatic heterocycles. The summed E-state index contributed by atoms with van der Waals surface area (Å²) in [5.74, 6) is -1.15. The highest BCUT2D eigenvalue weighted by molar-refractivity contribution is 5.92. The van der Waals surface area contributed by atoms with Crippen molar-refractivity contribution in [1.29, 1.82) is 0 Å². The van der Waals surface area contributed by atoms with Crippen LogP contribution in [-0.2, 0) is 9.59 Å². The van der Waals surface area contributed by atoms with Crippen LogP contribution in [0.2, 0.25) is 0 Å². The number of rotatable bonds is 4. The average molecular weight is 208 g/mol. The Morgan fingerprint density at radius 1 is 1.27 bits per heavy atom. The van der Waals surface area contributed by atoms with Crippen LogP contribution in [0.25, 0.3) is 0 Å². The molecule has 0 spiro atoms. The third-order valence-corrected chi connectivity index (χ3v) is 1.67. The minimum atomic E-state index is -0.951. The van der Waals surface area contributed by atoms with E-state index in [1.165, 1.54) is 6.92 Å². The number of hydrogen-bond acceptors (Lipinski definition) is 3. The summed E-state index contributed by atoms with van der Waals surface area (Å²) in [4.78, 5) is 21.2. The van der Waals surface area contributed by atoms with Crippen LogP contribution in [0.5, 0.6) is 0 Å². The van der Waals surface area contributed by atoms with Gasteiger partial charge in [0.1, 0.15) is 6.54 Å². The molecule has 0 aliphatic carbocycles. The topological polar surface area (TPSA) is 78.4 Å². The van der Waals surface area contributed by atoms with Crippen molar-refractivity contribution in [2.24, 2.45) is 0 Å². The van der Waals surface area contributed by atoms with Gasteiger partial charge in [-0.2, -0.15) is 0 Å². The lowest BCUT2D eigenvalue weighted by atomic mass is 10.2. The van der Waals surface area contributed by atoms with Crippen molar-refractivity contribution < 1.29 is 14.7 Å². The van der Waals surface area contributed by atoms with Crippen LogP contribution >= 0.6 is 0 Å². The van der Waals surface area contributed by atoms with Gasteiger partial charge in [-0.25, -0.2) is 0 Å². The fraction of sp³-hybridized carbons (Fsp3) is 0.200. The Hall–Kier alpha value is -2.04. The van der Waals surface area contributed by atoms with Gasteiger partial charge in [0.2, 0.25) is 5.91 Å². The highest BCUT2D eigenvalue weighted by atomic mass is 16.4. The molecule has 0 radical (unpaired) electrons. The Morgan fingerprint density at radius 3 is 2.40 bits per heavy atom. The van der Waals surface area contributed by atoms with Crippen LogP contribution in [-0.4, -0.2) is 23.5 Å². The maximum Gasteiger partial charge on any atom is 0.322 e. The zero-order valence-corrected chi connectivity index (χ0v) is 8.28. The zero-order chi connectivity index (χ0) is 11.3. The number of aliphatic carboxylic acids is 1. The van der Waals surface area contributed by atoms with Crippen LogP contribution in [0.15, 0.2) is 24.3 Å². The number of carboxylic acids is 1. The number of amides is 1. The van der Waals surface area contributed by atoms with Crippen LogP contribution in [0.3, 0.4) is 0 Å². The largest absolute Gasteiger partial charge is 0.480 e. The second-order valence-corrected chi connectivity index (χ2v) is 2.97. The Balaban J connectivity index is 2.76. The van der Waals surface area contributed by atoms with Crippen molar-refractivity contribution >= 4 is 23.3 Å². The number of carbonyl (C=O) groups is 2. The van der Waals surface area contributed by atoms with E-state index in [0.29, 0.717) is 11.4 Å². The van der Waals surface area contributed by atoms with Crippen LogP contribution < -0.4 is 10.6 Å². The van der Waals surface area contributed by atoms with Crippen molar-refractivity contribution in [3.8, 4) is 0 Å². The first kappa shape index (κ1) is 11.0. The number of benzene rings is 1. The lowest BCUT2D eigenvalue weighted by molar-refractivity contribution is -0.134. The van der Waals surface area contributed by atoms with Crippen LogP contribution in [0.4, 0.5) is 11.4 Å². The van der Waals surface area contributed by atoms with E-state index in [9.17, 15) is 9.59 Å². The van der Waals surface area contributed by atoms with E-state index in [4.69, 9.17) is 5.11 Å². The first-order valence-electron chi connectivity index (χ1n) is 4.42. The molecule has 0 saturated carbocycles. The van der Waals surface area contributed by atoms with Gasteiger partial charge in [-0.3, -0.25) is 9.59 Å². The summed E-state index contributed by atoms with van der Waals surface area (Å²) in [7, 11) is 0. The SMILES string of the molecule is CC(=O)Nc1ccccc1NCC(=O)O. The molecule has 0 atom stereocenters. The summed E-state index contributed by atoms with van der Waals surface area (Å²) >= 11 is 0. The molecular weight excluding hydrogens is 196 g/mol. The van der Waals surface area contributed by atoms with Crippen molar-refractivity contribution in [2.45, 2.75) is 6.92 Å². The molecule has 15 heavy (non-hydrogen) atoms. The molecule has 3 N–H and O–H groups in total. The average Bonchev–Trinajstić information content (AvgIpc) is 2.15. The maximum atomic E-state index is 10.8. The third kappa shape index (κ3) is 3.68. The van der Waals surface area contributed by atoms with Crippen LogP contribution in [0, 0.1) is 0 Å². The fourth-order valence-corrected chi connectivity index (χ4v) is 1.11. The van der Waals surface area contributed by atoms with Crippen molar-refractivity contribution in [3.05, 3.63) is 24.3 Å². The molecule has 0 bridgehead atoms. The summed E-state index contributed by atoms with van der Waals surface area (Å²) in [6.07, 6.45) is 0. The molecule has 5 heteroatoms. The van der Waals surface area contributed by atoms with Crippen LogP contribution in [0.1, 0.15) is 6.92 Å². The molecule has 1 amide bonds. The summed E-state index contributed by atoms with van der Waals surface area (Å²) < 4.78 is 0. The second-order valence-electron chi connectivity index (χ2n) is 2.97. The number of carbonyl (C=O) groups excluding carboxylic acids is 1. The third-order valence-electron chi connectivity index (χ3n) is 1.67. The lowest BCUT2D eigenvalue weighted by Gasteiger charge is -2.10. The first-order valence-corrected chi connectivity index (χ1v) is 4.42. The van der Waals surface area contributed by atoms with E-state index in [-0.39, 0.29) is 12.5 Å². The van der Waals surface area contributed by atoms with Gasteiger partial charge in [0, 0.05) is 6.92 Å². The Bertz CT molecular complexity index is 377. The van der Waals surface area contributed by atoms with Gasteiger partial charge in [-0.1, -0.05) is 12.1 Å². The molecule has 0 aliphatic heterocycles. The predicted octanol–water partition coefficient (Wildman–Crippen LogP) is 1.14. The molecule has 5 nitrogen and oxygen atoms in total. The molecule has 0 heterocycles. The van der Waals surface area contributed by atoms with Gasteiger partial charge in [0.25, 0.3) is 0 Å². The lowest BCUT2D eigenvalue weighted by Crippen LogP contribution is -2.14. The minimum absolute atomic E-state index is 0.184. The Kier molecular flexibility index (Phi) is 3.68. The smallest absolute Gasteiger partial charge is 0.322 e. The number of para-hydroxylation sites is 2. The van der Waals surface area contributed by atoms with E-state index in [1.54, 1.807) is 24.3 Å². The molecule has 0 aliphatic rings. The molecule has 1 aromatic carbocycles. The number of hydrogen-bond donors (Lipinski definition) is 3. The van der Waals surface area contributed by atoms with E-state index < -0.39 is 5.97 Å².